The van der Waals surface area contributed by atoms with E-state index in [0.717, 1.165) is 35.4 Å². The fourth-order valence-electron chi connectivity index (χ4n) is 4.41. The van der Waals surface area contributed by atoms with Gasteiger partial charge in [-0.05, 0) is 25.1 Å². The minimum absolute atomic E-state index is 0.271. The van der Waals surface area contributed by atoms with Crippen LogP contribution in [-0.2, 0) is 11.8 Å². The SMILES string of the molecule is Cc1c(N2CCOCC2)ccc2[nH]c(-c3c(NSc4ncccn4)c4nn(C)cc4[nH]c3=O)nc12. The zero-order chi connectivity index (χ0) is 23.9. The van der Waals surface area contributed by atoms with Crippen LogP contribution in [0.5, 0.6) is 0 Å². The van der Waals surface area contributed by atoms with E-state index in [2.05, 4.69) is 47.6 Å². The maximum atomic E-state index is 13.3. The number of ether oxygens (including phenoxy) is 1. The Hall–Kier alpha value is -3.90. The largest absolute Gasteiger partial charge is 0.378 e. The van der Waals surface area contributed by atoms with Crippen molar-refractivity contribution in [3.8, 4) is 11.4 Å². The van der Waals surface area contributed by atoms with Gasteiger partial charge in [-0.15, -0.1) is 0 Å². The van der Waals surface area contributed by atoms with Gasteiger partial charge in [0.25, 0.3) is 5.56 Å². The summed E-state index contributed by atoms with van der Waals surface area (Å²) in [5, 5.41) is 5.10. The van der Waals surface area contributed by atoms with E-state index in [1.807, 2.05) is 13.1 Å². The van der Waals surface area contributed by atoms with Crippen LogP contribution in [0, 0.1) is 6.92 Å². The molecule has 1 aliphatic rings. The first-order valence-electron chi connectivity index (χ1n) is 11.2. The highest BCUT2D eigenvalue weighted by atomic mass is 32.2. The molecule has 0 bridgehead atoms. The third-order valence-corrected chi connectivity index (χ3v) is 6.74. The average molecular weight is 490 g/mol. The number of hydrogen-bond donors (Lipinski definition) is 3. The Kier molecular flexibility index (Phi) is 5.38. The summed E-state index contributed by atoms with van der Waals surface area (Å²) < 4.78 is 10.4. The topological polar surface area (TPSA) is 130 Å². The summed E-state index contributed by atoms with van der Waals surface area (Å²) in [5.41, 5.74) is 5.78. The normalized spacial score (nSPS) is 14.2. The summed E-state index contributed by atoms with van der Waals surface area (Å²) in [6, 6.07) is 5.86. The van der Waals surface area contributed by atoms with Gasteiger partial charge in [0.15, 0.2) is 0 Å². The number of benzene rings is 1. The van der Waals surface area contributed by atoms with Crippen molar-refractivity contribution < 1.29 is 4.74 Å². The number of aromatic amines is 2. The predicted molar refractivity (Wildman–Crippen MR) is 136 cm³/mol. The van der Waals surface area contributed by atoms with Crippen molar-refractivity contribution in [1.82, 2.24) is 34.7 Å². The van der Waals surface area contributed by atoms with Crippen LogP contribution in [0.3, 0.4) is 0 Å². The summed E-state index contributed by atoms with van der Waals surface area (Å²) in [7, 11) is 1.81. The molecule has 0 spiro atoms. The van der Waals surface area contributed by atoms with Crippen molar-refractivity contribution in [3.63, 3.8) is 0 Å². The lowest BCUT2D eigenvalue weighted by molar-refractivity contribution is 0.122. The van der Waals surface area contributed by atoms with Gasteiger partial charge < -0.3 is 24.3 Å². The van der Waals surface area contributed by atoms with Crippen LogP contribution in [0.1, 0.15) is 5.56 Å². The molecule has 1 aromatic carbocycles. The molecule has 5 aromatic rings. The van der Waals surface area contributed by atoms with E-state index in [0.29, 0.717) is 46.5 Å². The quantitative estimate of drug-likeness (QED) is 0.252. The Balaban J connectivity index is 1.48. The fourth-order valence-corrected chi connectivity index (χ4v) is 5.03. The smallest absolute Gasteiger partial charge is 0.261 e. The molecule has 178 valence electrons. The van der Waals surface area contributed by atoms with Crippen molar-refractivity contribution in [3.05, 3.63) is 52.7 Å². The lowest BCUT2D eigenvalue weighted by Gasteiger charge is -2.30. The van der Waals surface area contributed by atoms with Gasteiger partial charge in [0, 0.05) is 61.9 Å². The van der Waals surface area contributed by atoms with E-state index < -0.39 is 0 Å². The number of pyridine rings is 1. The standard InChI is InChI=1S/C23H23N9O2S/c1-13-16(32-8-10-34-11-9-32)5-4-14-18(13)28-21(26-14)17-20(30-35-23-24-6-3-7-25-23)19-15(27-22(17)33)12-31(2)29-19/h3-7,12,30H,8-11H2,1-2H3,(H,26,28)(H,27,33). The molecule has 0 amide bonds. The second-order valence-electron chi connectivity index (χ2n) is 8.30. The number of hydrogen-bond acceptors (Lipinski definition) is 9. The van der Waals surface area contributed by atoms with E-state index in [1.165, 1.54) is 11.9 Å². The Bertz CT molecular complexity index is 1590. The predicted octanol–water partition coefficient (Wildman–Crippen LogP) is 2.86. The molecule has 1 saturated heterocycles. The average Bonchev–Trinajstić information content (AvgIpc) is 3.47. The Morgan fingerprint density at radius 3 is 2.69 bits per heavy atom. The fraction of sp³-hybridized carbons (Fsp3) is 0.261. The Labute approximate surface area is 204 Å². The summed E-state index contributed by atoms with van der Waals surface area (Å²) in [4.78, 5) is 35.3. The van der Waals surface area contributed by atoms with Crippen molar-refractivity contribution >= 4 is 45.4 Å². The van der Waals surface area contributed by atoms with Gasteiger partial charge in [0.1, 0.15) is 16.9 Å². The number of fused-ring (bicyclic) bond motifs is 2. The van der Waals surface area contributed by atoms with Crippen LogP contribution in [0.2, 0.25) is 0 Å². The number of morpholine rings is 1. The number of aromatic nitrogens is 7. The number of imidazole rings is 1. The molecule has 11 nitrogen and oxygen atoms in total. The van der Waals surface area contributed by atoms with Crippen LogP contribution in [0.4, 0.5) is 11.4 Å². The third-order valence-electron chi connectivity index (χ3n) is 6.04. The molecule has 35 heavy (non-hydrogen) atoms. The molecule has 12 heteroatoms. The monoisotopic (exact) mass is 489 g/mol. The number of nitrogens with zero attached hydrogens (tertiary/aromatic N) is 6. The van der Waals surface area contributed by atoms with Crippen molar-refractivity contribution in [1.29, 1.82) is 0 Å². The minimum Gasteiger partial charge on any atom is -0.378 e. The highest BCUT2D eigenvalue weighted by Crippen LogP contribution is 2.34. The lowest BCUT2D eigenvalue weighted by atomic mass is 10.1. The maximum Gasteiger partial charge on any atom is 0.261 e. The zero-order valence-electron chi connectivity index (χ0n) is 19.2. The number of aryl methyl sites for hydroxylation is 2. The Morgan fingerprint density at radius 2 is 1.89 bits per heavy atom. The van der Waals surface area contributed by atoms with Gasteiger partial charge in [-0.2, -0.15) is 5.10 Å². The molecular formula is C23H23N9O2S. The second kappa shape index (κ2) is 8.71. The van der Waals surface area contributed by atoms with Gasteiger partial charge in [-0.25, -0.2) is 15.0 Å². The number of rotatable bonds is 5. The van der Waals surface area contributed by atoms with Gasteiger partial charge in [0.05, 0.1) is 35.5 Å². The molecule has 4 aromatic heterocycles. The van der Waals surface area contributed by atoms with Crippen LogP contribution < -0.4 is 15.2 Å². The maximum absolute atomic E-state index is 13.3. The number of H-pyrrole nitrogens is 2. The molecule has 0 atom stereocenters. The molecule has 1 fully saturated rings. The highest BCUT2D eigenvalue weighted by molar-refractivity contribution is 8.00. The van der Waals surface area contributed by atoms with E-state index in [1.54, 1.807) is 29.3 Å². The first-order valence-corrected chi connectivity index (χ1v) is 12.0. The second-order valence-corrected chi connectivity index (χ2v) is 9.07. The zero-order valence-corrected chi connectivity index (χ0v) is 20.0. The van der Waals surface area contributed by atoms with Gasteiger partial charge in [0.2, 0.25) is 5.16 Å². The number of anilines is 2. The summed E-state index contributed by atoms with van der Waals surface area (Å²) in [6.45, 7) is 5.16. The van der Waals surface area contributed by atoms with Crippen molar-refractivity contribution in [2.75, 3.05) is 35.9 Å². The number of nitrogens with one attached hydrogen (secondary N) is 3. The van der Waals surface area contributed by atoms with Crippen LogP contribution in [0.15, 0.2) is 46.7 Å². The van der Waals surface area contributed by atoms with E-state index >= 15 is 0 Å². The van der Waals surface area contributed by atoms with Crippen molar-refractivity contribution in [2.24, 2.45) is 7.05 Å². The summed E-state index contributed by atoms with van der Waals surface area (Å²) >= 11 is 1.21. The molecule has 3 N–H and O–H groups in total. The summed E-state index contributed by atoms with van der Waals surface area (Å²) in [6.07, 6.45) is 5.10. The highest BCUT2D eigenvalue weighted by Gasteiger charge is 2.22. The molecule has 0 saturated carbocycles. The molecular weight excluding hydrogens is 466 g/mol. The van der Waals surface area contributed by atoms with Gasteiger partial charge >= 0.3 is 0 Å². The van der Waals surface area contributed by atoms with Crippen LogP contribution in [0.25, 0.3) is 33.5 Å². The molecule has 1 aliphatic heterocycles. The molecule has 0 unspecified atom stereocenters. The first kappa shape index (κ1) is 21.6. The first-order chi connectivity index (χ1) is 17.1. The van der Waals surface area contributed by atoms with E-state index in [9.17, 15) is 4.79 Å². The van der Waals surface area contributed by atoms with Crippen LogP contribution >= 0.6 is 11.9 Å². The van der Waals surface area contributed by atoms with Crippen molar-refractivity contribution in [2.45, 2.75) is 12.1 Å². The molecule has 6 rings (SSSR count). The molecule has 0 aliphatic carbocycles. The third kappa shape index (κ3) is 3.90. The molecule has 5 heterocycles. The summed E-state index contributed by atoms with van der Waals surface area (Å²) in [5.74, 6) is 0.466. The van der Waals surface area contributed by atoms with E-state index in [4.69, 9.17) is 9.72 Å². The Morgan fingerprint density at radius 1 is 1.09 bits per heavy atom. The minimum atomic E-state index is -0.271. The van der Waals surface area contributed by atoms with Gasteiger partial charge in [-0.3, -0.25) is 9.48 Å². The van der Waals surface area contributed by atoms with Gasteiger partial charge in [-0.1, -0.05) is 0 Å². The molecule has 0 radical (unpaired) electrons. The lowest BCUT2D eigenvalue weighted by Crippen LogP contribution is -2.36. The van der Waals surface area contributed by atoms with E-state index in [-0.39, 0.29) is 5.56 Å². The van der Waals surface area contributed by atoms with Crippen LogP contribution in [-0.4, -0.2) is 61.0 Å².